The first-order chi connectivity index (χ1) is 47.6. The predicted molar refractivity (Wildman–Crippen MR) is 367 cm³/mol. The maximum Gasteiger partial charge on any atom is 0.374 e. The molecule has 4 aromatic carbocycles. The molecular weight excluding hydrogens is 1370 g/mol. The molecule has 34 heteroatoms. The van der Waals surface area contributed by atoms with E-state index >= 15 is 0 Å². The highest BCUT2D eigenvalue weighted by molar-refractivity contribution is 7.94. The van der Waals surface area contributed by atoms with Gasteiger partial charge in [0.2, 0.25) is 11.5 Å². The van der Waals surface area contributed by atoms with Crippen LogP contribution in [0, 0.1) is 0 Å². The van der Waals surface area contributed by atoms with E-state index < -0.39 is 67.3 Å². The molecule has 0 saturated carbocycles. The van der Waals surface area contributed by atoms with Gasteiger partial charge in [-0.05, 0) is 99.9 Å². The highest BCUT2D eigenvalue weighted by atomic mass is 32.2. The fraction of sp³-hybridized carbons (Fsp3) is 0.431. The smallest absolute Gasteiger partial charge is 0.374 e. The van der Waals surface area contributed by atoms with E-state index in [1.165, 1.54) is 0 Å². The largest absolute Gasteiger partial charge is 0.439 e. The number of unbranched alkanes of at least 4 members (excludes halogenated alkanes) is 4. The van der Waals surface area contributed by atoms with Gasteiger partial charge < -0.3 is 42.7 Å². The van der Waals surface area contributed by atoms with Crippen LogP contribution in [0.3, 0.4) is 0 Å². The number of hydroxylamine groups is 4. The first-order valence-corrected chi connectivity index (χ1v) is 37.3. The molecule has 0 aliphatic carbocycles. The van der Waals surface area contributed by atoms with Crippen LogP contribution in [0.4, 0.5) is 17.1 Å². The molecule has 3 aliphatic rings. The summed E-state index contributed by atoms with van der Waals surface area (Å²) in [5, 5.41) is 29.5. The molecule has 2 saturated heterocycles. The first-order valence-electron chi connectivity index (χ1n) is 32.3. The summed E-state index contributed by atoms with van der Waals surface area (Å²) in [7, 11) is -4.67. The van der Waals surface area contributed by atoms with Crippen LogP contribution in [0.1, 0.15) is 109 Å². The Hall–Kier alpha value is -8.13. The second kappa shape index (κ2) is 33.8. The standard InChI is InChI=1S/C65H76N8O22S4/c1-66-50-22-20-44(68(28-12-34-96-94-92-80)29-13-35-97-95-93-81)38-46(50)48-40-54-56(42-52(48)66)88-62(70(54)32-10-4-8-18-64(78)90-72-58(74)24-25-59(72)75)16-6-3-7-17-63-71(33-11-5-9-19-65(79)91-73-60(76)26-27-61(73)77)55-41-49-47-39-45(21-23-51(47)67(2)53(49)43-57(55)89-63)69(30-14-36-98(82,83)84)31-15-37-99(85,86)87/h3,6-7,16-17,20-23,38-43H,4-5,8-15,18-19,24-37H2,1-2H3,(H3-,80,81,82,83,84,85,86,87)/p+1. The summed E-state index contributed by atoms with van der Waals surface area (Å²) < 4.78 is 94.5. The van der Waals surface area contributed by atoms with Crippen LogP contribution in [0.5, 0.6) is 5.75 Å². The van der Waals surface area contributed by atoms with Crippen molar-refractivity contribution in [2.24, 2.45) is 14.1 Å². The number of fused-ring (bicyclic) bond motifs is 8. The number of ether oxygens (including phenoxy) is 1. The van der Waals surface area contributed by atoms with Crippen LogP contribution in [0.15, 0.2) is 95.3 Å². The highest BCUT2D eigenvalue weighted by Gasteiger charge is 2.35. The van der Waals surface area contributed by atoms with E-state index in [1.54, 1.807) is 0 Å². The molecule has 0 bridgehead atoms. The van der Waals surface area contributed by atoms with E-state index in [2.05, 4.69) is 57.4 Å². The molecule has 532 valence electrons. The lowest BCUT2D eigenvalue weighted by Gasteiger charge is -2.25. The van der Waals surface area contributed by atoms with Gasteiger partial charge in [0.25, 0.3) is 49.4 Å². The van der Waals surface area contributed by atoms with Crippen molar-refractivity contribution in [3.05, 3.63) is 96.7 Å². The predicted octanol–water partition coefficient (Wildman–Crippen LogP) is 9.74. The van der Waals surface area contributed by atoms with Gasteiger partial charge in [0.1, 0.15) is 0 Å². The van der Waals surface area contributed by atoms with Crippen LogP contribution in [-0.4, -0.2) is 147 Å². The molecule has 3 aliphatic heterocycles. The number of aryl methyl sites for hydroxylation is 3. The molecule has 4 N–H and O–H groups in total. The Kier molecular flexibility index (Phi) is 25.1. The number of amides is 4. The molecule has 0 unspecified atom stereocenters. The third-order valence-electron chi connectivity index (χ3n) is 17.2. The summed E-state index contributed by atoms with van der Waals surface area (Å²) in [6.45, 7) is 2.47. The number of nitrogens with zero attached hydrogens (tertiary/aromatic N) is 8. The number of oxazole rings is 1. The van der Waals surface area contributed by atoms with E-state index in [1.807, 2.05) is 94.9 Å². The van der Waals surface area contributed by atoms with Gasteiger partial charge in [0.05, 0.1) is 34.3 Å². The Labute approximate surface area is 577 Å². The van der Waals surface area contributed by atoms with Crippen molar-refractivity contribution in [2.45, 2.75) is 109 Å². The summed E-state index contributed by atoms with van der Waals surface area (Å²) in [6.07, 6.45) is 13.6. The van der Waals surface area contributed by atoms with Crippen LogP contribution < -0.4 is 24.0 Å². The quantitative estimate of drug-likeness (QED) is 0.00407. The minimum Gasteiger partial charge on any atom is -0.439 e. The summed E-state index contributed by atoms with van der Waals surface area (Å²) in [5.41, 5.74) is 7.28. The number of hydrogen-bond acceptors (Lipinski definition) is 25. The molecule has 99 heavy (non-hydrogen) atoms. The second-order valence-corrected chi connectivity index (χ2v) is 28.6. The lowest BCUT2D eigenvalue weighted by Crippen LogP contribution is -2.35. The molecule has 7 aromatic rings. The van der Waals surface area contributed by atoms with Gasteiger partial charge in [-0.3, -0.25) is 28.3 Å². The number of hydrogen-bond donors (Lipinski definition) is 4. The van der Waals surface area contributed by atoms with Crippen molar-refractivity contribution >= 4 is 158 Å². The number of carbonyl (C=O) groups is 6. The van der Waals surface area contributed by atoms with Gasteiger partial charge >= 0.3 is 17.8 Å². The van der Waals surface area contributed by atoms with Gasteiger partial charge in [0, 0.05) is 190 Å². The van der Waals surface area contributed by atoms with Crippen LogP contribution in [0.2, 0.25) is 0 Å². The Morgan fingerprint density at radius 3 is 1.61 bits per heavy atom. The molecule has 6 heterocycles. The van der Waals surface area contributed by atoms with Gasteiger partial charge in [-0.2, -0.15) is 21.4 Å². The summed E-state index contributed by atoms with van der Waals surface area (Å²) in [4.78, 5) is 90.3. The lowest BCUT2D eigenvalue weighted by atomic mass is 10.1. The third-order valence-corrected chi connectivity index (χ3v) is 20.0. The molecule has 0 spiro atoms. The lowest BCUT2D eigenvalue weighted by molar-refractivity contribution is -0.678. The minimum absolute atomic E-state index is 0.00911. The minimum atomic E-state index is -4.29. The van der Waals surface area contributed by atoms with Crippen molar-refractivity contribution < 1.29 is 107 Å². The van der Waals surface area contributed by atoms with Crippen molar-refractivity contribution in [2.75, 3.05) is 70.4 Å². The van der Waals surface area contributed by atoms with Gasteiger partial charge in [-0.1, -0.05) is 34.7 Å². The molecule has 3 aromatic heterocycles. The number of carbonyl (C=O) groups excluding carboxylic acids is 6. The van der Waals surface area contributed by atoms with E-state index in [0.717, 1.165) is 84.6 Å². The van der Waals surface area contributed by atoms with E-state index in [-0.39, 0.29) is 64.5 Å². The Balaban J connectivity index is 0.939. The van der Waals surface area contributed by atoms with Gasteiger partial charge in [-0.25, -0.2) is 20.1 Å². The molecular formula is C65H77N8O22S4+. The molecule has 30 nitrogen and oxygen atoms in total. The molecule has 0 radical (unpaired) electrons. The zero-order valence-corrected chi connectivity index (χ0v) is 57.7. The monoisotopic (exact) mass is 1450 g/mol. The number of anilines is 3. The second-order valence-electron chi connectivity index (χ2n) is 23.9. The zero-order valence-electron chi connectivity index (χ0n) is 54.4. The number of imide groups is 2. The topological polar surface area (TPSA) is 359 Å². The Bertz CT molecular complexity index is 4410. The van der Waals surface area contributed by atoms with E-state index in [4.69, 9.17) is 29.3 Å². The highest BCUT2D eigenvalue weighted by Crippen LogP contribution is 2.45. The number of allylic oxidation sites excluding steroid dienone is 4. The normalized spacial score (nSPS) is 15.0. The maximum absolute atomic E-state index is 12.8. The number of rotatable bonds is 39. The van der Waals surface area contributed by atoms with E-state index in [0.29, 0.717) is 128 Å². The molecule has 4 amide bonds. The van der Waals surface area contributed by atoms with Crippen molar-refractivity contribution in [1.29, 1.82) is 0 Å². The fourth-order valence-electron chi connectivity index (χ4n) is 12.4. The van der Waals surface area contributed by atoms with Gasteiger partial charge in [0.15, 0.2) is 12.3 Å². The Morgan fingerprint density at radius 2 is 1.08 bits per heavy atom. The van der Waals surface area contributed by atoms with Crippen molar-refractivity contribution in [1.82, 2.24) is 19.3 Å². The third kappa shape index (κ3) is 18.8. The van der Waals surface area contributed by atoms with E-state index in [9.17, 15) is 54.7 Å². The molecule has 2 fully saturated rings. The van der Waals surface area contributed by atoms with Crippen molar-refractivity contribution in [3.63, 3.8) is 0 Å². The van der Waals surface area contributed by atoms with Crippen LogP contribution in [-0.2, 0) is 98.1 Å². The summed E-state index contributed by atoms with van der Waals surface area (Å²) in [6, 6.07) is 20.0. The van der Waals surface area contributed by atoms with Gasteiger partial charge in [-0.15, -0.1) is 18.8 Å². The zero-order chi connectivity index (χ0) is 70.4. The fourth-order valence-corrected chi connectivity index (χ4v) is 14.1. The SMILES string of the molecule is Cn1c2ccc(N(CCCSOOO)CCCSOOO)cc2c2cc3c(cc21)O\C(=C/C=C/C=C/c1oc2cc4c(cc2[n+]1CCCCCC(=O)ON1C(=O)CCC1=O)c1cc(N(CCCS(=O)(=O)O)CCCS(=O)(=O)O)ccc1n4C)N3CCCCCC(=O)ON1C(=O)CCC1=O. The first kappa shape index (κ1) is 73.6. The summed E-state index contributed by atoms with van der Waals surface area (Å²) >= 11 is 1.96. The van der Waals surface area contributed by atoms with Crippen LogP contribution in [0.25, 0.3) is 60.8 Å². The number of aromatic nitrogens is 3. The maximum atomic E-state index is 12.8. The van der Waals surface area contributed by atoms with Crippen LogP contribution >= 0.6 is 24.1 Å². The Morgan fingerprint density at radius 1 is 0.586 bits per heavy atom. The molecule has 0 atom stereocenters. The molecule has 10 rings (SSSR count). The summed E-state index contributed by atoms with van der Waals surface area (Å²) in [5.74, 6) is -1.93. The average Bonchev–Trinajstić information content (AvgIpc) is 1.59. The number of benzene rings is 4. The average molecular weight is 1450 g/mol. The van der Waals surface area contributed by atoms with Crippen molar-refractivity contribution in [3.8, 4) is 5.75 Å².